The molecule has 3 amide bonds. The Balaban J connectivity index is 1.35. The Morgan fingerprint density at radius 1 is 0.867 bits per heavy atom. The van der Waals surface area contributed by atoms with Gasteiger partial charge in [0.05, 0.1) is 29.5 Å². The second-order valence-corrected chi connectivity index (χ2v) is 7.24. The minimum absolute atomic E-state index is 0.127. The van der Waals surface area contributed by atoms with Gasteiger partial charge in [-0.2, -0.15) is 0 Å². The number of anilines is 1. The fraction of sp³-hybridized carbons (Fsp3) is 0.125. The van der Waals surface area contributed by atoms with Crippen molar-refractivity contribution in [2.24, 2.45) is 0 Å². The molecule has 0 aliphatic carbocycles. The SMILES string of the molecule is O=C(N[C@H]1CCOc2ccccc21)c1ccc(N2C(=O)c3ccccc3C2=O)cc1. The van der Waals surface area contributed by atoms with Crippen LogP contribution in [-0.4, -0.2) is 24.3 Å². The van der Waals surface area contributed by atoms with Crippen LogP contribution in [0.4, 0.5) is 5.69 Å². The lowest BCUT2D eigenvalue weighted by Gasteiger charge is -2.26. The van der Waals surface area contributed by atoms with Crippen molar-refractivity contribution in [1.82, 2.24) is 5.32 Å². The molecule has 0 radical (unpaired) electrons. The summed E-state index contributed by atoms with van der Waals surface area (Å²) in [6, 6.07) is 20.8. The van der Waals surface area contributed by atoms with E-state index in [1.165, 1.54) is 0 Å². The summed E-state index contributed by atoms with van der Waals surface area (Å²) in [6.07, 6.45) is 0.690. The molecule has 30 heavy (non-hydrogen) atoms. The zero-order valence-electron chi connectivity index (χ0n) is 16.0. The molecule has 3 aromatic carbocycles. The molecule has 2 aliphatic heterocycles. The molecule has 5 rings (SSSR count). The number of rotatable bonds is 3. The number of carbonyl (C=O) groups is 3. The van der Waals surface area contributed by atoms with Gasteiger partial charge in [0.1, 0.15) is 5.75 Å². The van der Waals surface area contributed by atoms with E-state index in [-0.39, 0.29) is 23.8 Å². The Morgan fingerprint density at radius 3 is 2.20 bits per heavy atom. The van der Waals surface area contributed by atoms with Crippen LogP contribution in [-0.2, 0) is 0 Å². The van der Waals surface area contributed by atoms with Crippen LogP contribution < -0.4 is 15.0 Å². The zero-order valence-corrected chi connectivity index (χ0v) is 16.0. The van der Waals surface area contributed by atoms with Crippen LogP contribution in [0.2, 0.25) is 0 Å². The molecule has 6 nitrogen and oxygen atoms in total. The van der Waals surface area contributed by atoms with Crippen LogP contribution in [0.15, 0.2) is 72.8 Å². The van der Waals surface area contributed by atoms with E-state index in [9.17, 15) is 14.4 Å². The van der Waals surface area contributed by atoms with E-state index in [1.807, 2.05) is 24.3 Å². The molecular weight excluding hydrogens is 380 g/mol. The second kappa shape index (κ2) is 7.15. The van der Waals surface area contributed by atoms with E-state index in [1.54, 1.807) is 48.5 Å². The molecule has 6 heteroatoms. The summed E-state index contributed by atoms with van der Waals surface area (Å²) in [5.74, 6) is -0.140. The van der Waals surface area contributed by atoms with Crippen molar-refractivity contribution in [3.63, 3.8) is 0 Å². The van der Waals surface area contributed by atoms with E-state index in [0.717, 1.165) is 16.2 Å². The normalized spacial score (nSPS) is 17.2. The third-order valence-corrected chi connectivity index (χ3v) is 5.45. The average Bonchev–Trinajstić information content (AvgIpc) is 3.04. The highest BCUT2D eigenvalue weighted by Gasteiger charge is 2.36. The molecule has 0 spiro atoms. The predicted octanol–water partition coefficient (Wildman–Crippen LogP) is 3.74. The monoisotopic (exact) mass is 398 g/mol. The van der Waals surface area contributed by atoms with Crippen molar-refractivity contribution in [1.29, 1.82) is 0 Å². The number of benzene rings is 3. The summed E-state index contributed by atoms with van der Waals surface area (Å²) in [7, 11) is 0. The van der Waals surface area contributed by atoms with E-state index < -0.39 is 0 Å². The summed E-state index contributed by atoms with van der Waals surface area (Å²) in [4.78, 5) is 39.1. The van der Waals surface area contributed by atoms with Crippen LogP contribution in [0.1, 0.15) is 49.1 Å². The van der Waals surface area contributed by atoms with Crippen molar-refractivity contribution < 1.29 is 19.1 Å². The van der Waals surface area contributed by atoms with Gasteiger partial charge in [0.2, 0.25) is 0 Å². The average molecular weight is 398 g/mol. The van der Waals surface area contributed by atoms with E-state index in [2.05, 4.69) is 5.32 Å². The number of ether oxygens (including phenoxy) is 1. The first-order valence-electron chi connectivity index (χ1n) is 9.74. The van der Waals surface area contributed by atoms with Gasteiger partial charge in [-0.15, -0.1) is 0 Å². The predicted molar refractivity (Wildman–Crippen MR) is 111 cm³/mol. The fourth-order valence-electron chi connectivity index (χ4n) is 3.92. The first kappa shape index (κ1) is 18.1. The van der Waals surface area contributed by atoms with Crippen molar-refractivity contribution in [3.8, 4) is 5.75 Å². The van der Waals surface area contributed by atoms with Crippen molar-refractivity contribution in [2.75, 3.05) is 11.5 Å². The molecule has 148 valence electrons. The molecule has 0 aromatic heterocycles. The number of carbonyl (C=O) groups excluding carboxylic acids is 3. The number of imide groups is 1. The van der Waals surface area contributed by atoms with Gasteiger partial charge >= 0.3 is 0 Å². The van der Waals surface area contributed by atoms with Crippen LogP contribution in [0.3, 0.4) is 0 Å². The summed E-state index contributed by atoms with van der Waals surface area (Å²) in [5.41, 5.74) is 2.64. The summed E-state index contributed by atoms with van der Waals surface area (Å²) >= 11 is 0. The van der Waals surface area contributed by atoms with Crippen molar-refractivity contribution in [2.45, 2.75) is 12.5 Å². The number of nitrogens with one attached hydrogen (secondary N) is 1. The Kier molecular flexibility index (Phi) is 4.32. The Labute approximate surface area is 173 Å². The first-order chi connectivity index (χ1) is 14.6. The van der Waals surface area contributed by atoms with Crippen molar-refractivity contribution >= 4 is 23.4 Å². The maximum atomic E-state index is 12.8. The number of para-hydroxylation sites is 1. The minimum atomic E-state index is -0.355. The Hall–Kier alpha value is -3.93. The number of amides is 3. The van der Waals surface area contributed by atoms with Crippen LogP contribution in [0, 0.1) is 0 Å². The summed E-state index contributed by atoms with van der Waals surface area (Å²) in [5, 5.41) is 3.05. The van der Waals surface area contributed by atoms with Gasteiger partial charge in [-0.3, -0.25) is 14.4 Å². The van der Waals surface area contributed by atoms with E-state index in [4.69, 9.17) is 4.74 Å². The molecule has 3 aromatic rings. The lowest BCUT2D eigenvalue weighted by atomic mass is 10.00. The molecule has 1 N–H and O–H groups in total. The van der Waals surface area contributed by atoms with Gasteiger partial charge in [0.15, 0.2) is 0 Å². The largest absolute Gasteiger partial charge is 0.493 e. The quantitative estimate of drug-likeness (QED) is 0.682. The summed E-state index contributed by atoms with van der Waals surface area (Å²) in [6.45, 7) is 0.542. The lowest BCUT2D eigenvalue weighted by molar-refractivity contribution is 0.0915. The Bertz CT molecular complexity index is 1130. The minimum Gasteiger partial charge on any atom is -0.493 e. The smallest absolute Gasteiger partial charge is 0.266 e. The van der Waals surface area contributed by atoms with Crippen molar-refractivity contribution in [3.05, 3.63) is 95.1 Å². The zero-order chi connectivity index (χ0) is 20.7. The molecule has 2 heterocycles. The standard InChI is InChI=1S/C24H18N2O4/c27-22(25-20-13-14-30-21-8-4-3-7-19(20)21)15-9-11-16(12-10-15)26-23(28)17-5-1-2-6-18(17)24(26)29/h1-12,20H,13-14H2,(H,25,27)/t20-/m0/s1. The van der Waals surface area contributed by atoms with Crippen LogP contribution >= 0.6 is 0 Å². The van der Waals surface area contributed by atoms with Gasteiger partial charge in [-0.1, -0.05) is 30.3 Å². The third kappa shape index (κ3) is 2.93. The second-order valence-electron chi connectivity index (χ2n) is 7.24. The van der Waals surface area contributed by atoms with Gasteiger partial charge in [0.25, 0.3) is 17.7 Å². The van der Waals surface area contributed by atoms with E-state index >= 15 is 0 Å². The fourth-order valence-corrected chi connectivity index (χ4v) is 3.92. The molecule has 1 atom stereocenters. The molecule has 0 saturated carbocycles. The van der Waals surface area contributed by atoms with Gasteiger partial charge in [-0.05, 0) is 42.5 Å². The molecule has 0 bridgehead atoms. The topological polar surface area (TPSA) is 75.7 Å². The molecule has 0 unspecified atom stereocenters. The molecule has 0 fully saturated rings. The Morgan fingerprint density at radius 2 is 1.50 bits per heavy atom. The molecule has 2 aliphatic rings. The van der Waals surface area contributed by atoms with Crippen LogP contribution in [0.25, 0.3) is 0 Å². The lowest BCUT2D eigenvalue weighted by Crippen LogP contribution is -2.32. The van der Waals surface area contributed by atoms with Gasteiger partial charge in [0, 0.05) is 17.5 Å². The highest BCUT2D eigenvalue weighted by Crippen LogP contribution is 2.32. The molecule has 0 saturated heterocycles. The number of hydrogen-bond donors (Lipinski definition) is 1. The van der Waals surface area contributed by atoms with Crippen LogP contribution in [0.5, 0.6) is 5.75 Å². The maximum absolute atomic E-state index is 12.8. The number of hydrogen-bond acceptors (Lipinski definition) is 4. The number of nitrogens with zero attached hydrogens (tertiary/aromatic N) is 1. The third-order valence-electron chi connectivity index (χ3n) is 5.45. The molecular formula is C24H18N2O4. The first-order valence-corrected chi connectivity index (χ1v) is 9.74. The van der Waals surface area contributed by atoms with E-state index in [0.29, 0.717) is 35.4 Å². The number of fused-ring (bicyclic) bond motifs is 2. The van der Waals surface area contributed by atoms with Gasteiger partial charge in [-0.25, -0.2) is 4.90 Å². The highest BCUT2D eigenvalue weighted by atomic mass is 16.5. The highest BCUT2D eigenvalue weighted by molar-refractivity contribution is 6.34. The van der Waals surface area contributed by atoms with Gasteiger partial charge < -0.3 is 10.1 Å². The maximum Gasteiger partial charge on any atom is 0.266 e. The summed E-state index contributed by atoms with van der Waals surface area (Å²) < 4.78 is 5.64.